The van der Waals surface area contributed by atoms with E-state index in [0.717, 1.165) is 18.5 Å². The Hall–Kier alpha value is -2.30. The predicted octanol–water partition coefficient (Wildman–Crippen LogP) is 3.06. The van der Waals surface area contributed by atoms with Gasteiger partial charge in [-0.25, -0.2) is 4.68 Å². The molecule has 5 heteroatoms. The zero-order valence-electron chi connectivity index (χ0n) is 13.7. The van der Waals surface area contributed by atoms with Crippen LogP contribution in [0.4, 0.5) is 0 Å². The Kier molecular flexibility index (Phi) is 5.20. The molecule has 1 aromatic carbocycles. The van der Waals surface area contributed by atoms with Crippen LogP contribution in [0.2, 0.25) is 0 Å². The van der Waals surface area contributed by atoms with Gasteiger partial charge in [0.25, 0.3) is 5.91 Å². The summed E-state index contributed by atoms with van der Waals surface area (Å²) in [5, 5.41) is 4.41. The summed E-state index contributed by atoms with van der Waals surface area (Å²) >= 11 is 0. The fourth-order valence-electron chi connectivity index (χ4n) is 1.99. The summed E-state index contributed by atoms with van der Waals surface area (Å²) in [6, 6.07) is 9.68. The summed E-state index contributed by atoms with van der Waals surface area (Å²) in [5.41, 5.74) is 2.45. The van der Waals surface area contributed by atoms with Crippen molar-refractivity contribution in [3.8, 4) is 11.6 Å². The molecule has 5 nitrogen and oxygen atoms in total. The summed E-state index contributed by atoms with van der Waals surface area (Å²) in [4.78, 5) is 13.6. The molecule has 0 saturated heterocycles. The maximum absolute atomic E-state index is 12.1. The Morgan fingerprint density at radius 3 is 2.55 bits per heavy atom. The number of carbonyl (C=O) groups is 1. The normalized spacial score (nSPS) is 10.5. The molecule has 1 aromatic heterocycles. The number of aromatic nitrogens is 2. The van der Waals surface area contributed by atoms with Gasteiger partial charge in [-0.2, -0.15) is 5.10 Å². The third-order valence-electron chi connectivity index (χ3n) is 3.33. The minimum Gasteiger partial charge on any atom is -0.478 e. The number of hydrogen-bond acceptors (Lipinski definition) is 3. The van der Waals surface area contributed by atoms with E-state index in [1.54, 1.807) is 24.8 Å². The molecular formula is C17H23N3O2. The van der Waals surface area contributed by atoms with E-state index in [9.17, 15) is 4.79 Å². The average Bonchev–Trinajstić information content (AvgIpc) is 2.91. The van der Waals surface area contributed by atoms with Gasteiger partial charge in [0, 0.05) is 20.2 Å². The maximum atomic E-state index is 12.1. The number of hydrogen-bond donors (Lipinski definition) is 0. The molecule has 0 aliphatic rings. The smallest absolute Gasteiger partial charge is 0.273 e. The van der Waals surface area contributed by atoms with Crippen molar-refractivity contribution in [2.24, 2.45) is 0 Å². The quantitative estimate of drug-likeness (QED) is 0.770. The van der Waals surface area contributed by atoms with Crippen molar-refractivity contribution in [3.05, 3.63) is 41.6 Å². The van der Waals surface area contributed by atoms with Gasteiger partial charge in [0.15, 0.2) is 5.69 Å². The molecule has 2 rings (SSSR count). The molecule has 0 fully saturated rings. The number of unbranched alkanes of at least 4 members (excludes halogenated alkanes) is 1. The van der Waals surface area contributed by atoms with Gasteiger partial charge in [-0.05, 0) is 25.5 Å². The van der Waals surface area contributed by atoms with Crippen molar-refractivity contribution in [1.82, 2.24) is 14.7 Å². The highest BCUT2D eigenvalue weighted by molar-refractivity contribution is 5.92. The van der Waals surface area contributed by atoms with Gasteiger partial charge in [0.05, 0.1) is 12.3 Å². The van der Waals surface area contributed by atoms with Crippen LogP contribution in [0, 0.1) is 6.92 Å². The third-order valence-corrected chi connectivity index (χ3v) is 3.33. The lowest BCUT2D eigenvalue weighted by atomic mass is 10.2. The van der Waals surface area contributed by atoms with Crippen molar-refractivity contribution in [3.63, 3.8) is 0 Å². The van der Waals surface area contributed by atoms with E-state index in [0.29, 0.717) is 18.2 Å². The summed E-state index contributed by atoms with van der Waals surface area (Å²) in [6.45, 7) is 4.76. The molecule has 0 saturated carbocycles. The molecule has 118 valence electrons. The van der Waals surface area contributed by atoms with E-state index in [1.165, 1.54) is 10.5 Å². The van der Waals surface area contributed by atoms with Crippen LogP contribution in [0.1, 0.15) is 35.8 Å². The fourth-order valence-corrected chi connectivity index (χ4v) is 1.99. The van der Waals surface area contributed by atoms with Crippen LogP contribution in [-0.4, -0.2) is 41.3 Å². The van der Waals surface area contributed by atoms with Gasteiger partial charge >= 0.3 is 0 Å². The summed E-state index contributed by atoms with van der Waals surface area (Å²) in [6.07, 6.45) is 2.03. The summed E-state index contributed by atoms with van der Waals surface area (Å²) in [5.74, 6) is 0.466. The molecule has 0 N–H and O–H groups in total. The molecule has 0 radical (unpaired) electrons. The topological polar surface area (TPSA) is 47.4 Å². The first-order valence-electron chi connectivity index (χ1n) is 7.54. The average molecular weight is 301 g/mol. The van der Waals surface area contributed by atoms with Crippen molar-refractivity contribution in [2.75, 3.05) is 20.7 Å². The Morgan fingerprint density at radius 2 is 1.95 bits per heavy atom. The second-order valence-electron chi connectivity index (χ2n) is 5.52. The Morgan fingerprint density at radius 1 is 1.27 bits per heavy atom. The Bertz CT molecular complexity index is 630. The highest BCUT2D eigenvalue weighted by Gasteiger charge is 2.17. The molecular weight excluding hydrogens is 278 g/mol. The van der Waals surface area contributed by atoms with Gasteiger partial charge in [0.2, 0.25) is 5.88 Å². The van der Waals surface area contributed by atoms with E-state index >= 15 is 0 Å². The molecule has 0 spiro atoms. The molecule has 0 aliphatic heterocycles. The maximum Gasteiger partial charge on any atom is 0.273 e. The first-order valence-corrected chi connectivity index (χ1v) is 7.54. The molecule has 0 unspecified atom stereocenters. The Labute approximate surface area is 131 Å². The number of aryl methyl sites for hydroxylation is 1. The zero-order valence-corrected chi connectivity index (χ0v) is 13.7. The molecule has 0 aliphatic carbocycles. The number of benzene rings is 1. The van der Waals surface area contributed by atoms with Crippen LogP contribution in [0.15, 0.2) is 30.3 Å². The standard InChI is InChI=1S/C17H23N3O2/c1-5-6-11-22-16-12-15(17(21)19(3)4)18-20(16)14-9-7-13(2)8-10-14/h7-10,12H,5-6,11H2,1-4H3. The van der Waals surface area contributed by atoms with Crippen molar-refractivity contribution < 1.29 is 9.53 Å². The number of amides is 1. The van der Waals surface area contributed by atoms with Crippen LogP contribution in [0.5, 0.6) is 5.88 Å². The summed E-state index contributed by atoms with van der Waals surface area (Å²) in [7, 11) is 3.43. The minimum atomic E-state index is -0.133. The molecule has 1 amide bonds. The van der Waals surface area contributed by atoms with E-state index < -0.39 is 0 Å². The lowest BCUT2D eigenvalue weighted by Crippen LogP contribution is -2.22. The molecule has 1 heterocycles. The minimum absolute atomic E-state index is 0.133. The lowest BCUT2D eigenvalue weighted by molar-refractivity contribution is 0.0821. The second-order valence-corrected chi connectivity index (χ2v) is 5.52. The SMILES string of the molecule is CCCCOc1cc(C(=O)N(C)C)nn1-c1ccc(C)cc1. The second kappa shape index (κ2) is 7.11. The number of ether oxygens (including phenoxy) is 1. The van der Waals surface area contributed by atoms with E-state index in [2.05, 4.69) is 12.0 Å². The van der Waals surface area contributed by atoms with E-state index in [4.69, 9.17) is 4.74 Å². The predicted molar refractivity (Wildman–Crippen MR) is 86.7 cm³/mol. The fraction of sp³-hybridized carbons (Fsp3) is 0.412. The number of rotatable bonds is 6. The van der Waals surface area contributed by atoms with Gasteiger partial charge in [-0.15, -0.1) is 0 Å². The van der Waals surface area contributed by atoms with E-state index in [1.807, 2.05) is 31.2 Å². The van der Waals surface area contributed by atoms with Crippen LogP contribution >= 0.6 is 0 Å². The van der Waals surface area contributed by atoms with Crippen molar-refractivity contribution in [1.29, 1.82) is 0 Å². The largest absolute Gasteiger partial charge is 0.478 e. The van der Waals surface area contributed by atoms with Gasteiger partial charge in [0.1, 0.15) is 0 Å². The van der Waals surface area contributed by atoms with Crippen LogP contribution in [0.25, 0.3) is 5.69 Å². The zero-order chi connectivity index (χ0) is 16.1. The molecule has 2 aromatic rings. The number of carbonyl (C=O) groups excluding carboxylic acids is 1. The Balaban J connectivity index is 2.36. The summed E-state index contributed by atoms with van der Waals surface area (Å²) < 4.78 is 7.49. The van der Waals surface area contributed by atoms with Crippen LogP contribution in [0.3, 0.4) is 0 Å². The number of nitrogens with zero attached hydrogens (tertiary/aromatic N) is 3. The third kappa shape index (κ3) is 3.67. The van der Waals surface area contributed by atoms with E-state index in [-0.39, 0.29) is 5.91 Å². The van der Waals surface area contributed by atoms with Gasteiger partial charge in [-0.1, -0.05) is 31.0 Å². The van der Waals surface area contributed by atoms with Crippen molar-refractivity contribution in [2.45, 2.75) is 26.7 Å². The highest BCUT2D eigenvalue weighted by atomic mass is 16.5. The monoisotopic (exact) mass is 301 g/mol. The highest BCUT2D eigenvalue weighted by Crippen LogP contribution is 2.21. The van der Waals surface area contributed by atoms with Crippen LogP contribution < -0.4 is 4.74 Å². The van der Waals surface area contributed by atoms with Gasteiger partial charge in [-0.3, -0.25) is 4.79 Å². The molecule has 22 heavy (non-hydrogen) atoms. The lowest BCUT2D eigenvalue weighted by Gasteiger charge is -2.09. The first kappa shape index (κ1) is 16.1. The van der Waals surface area contributed by atoms with Gasteiger partial charge < -0.3 is 9.64 Å². The van der Waals surface area contributed by atoms with Crippen LogP contribution in [-0.2, 0) is 0 Å². The first-order chi connectivity index (χ1) is 10.5. The molecule has 0 bridgehead atoms. The molecule has 0 atom stereocenters. The van der Waals surface area contributed by atoms with Crippen molar-refractivity contribution >= 4 is 5.91 Å².